The van der Waals surface area contributed by atoms with Gasteiger partial charge in [-0.2, -0.15) is 4.99 Å². The second kappa shape index (κ2) is 7.25. The van der Waals surface area contributed by atoms with Crippen LogP contribution in [0, 0.1) is 20.8 Å². The molecule has 3 aromatic rings. The molecule has 0 aliphatic rings. The summed E-state index contributed by atoms with van der Waals surface area (Å²) in [5.74, 6) is -0.711. The first-order chi connectivity index (χ1) is 12.4. The molecule has 0 aliphatic carbocycles. The summed E-state index contributed by atoms with van der Waals surface area (Å²) >= 11 is 1.41. The van der Waals surface area contributed by atoms with Crippen molar-refractivity contribution in [3.63, 3.8) is 0 Å². The summed E-state index contributed by atoms with van der Waals surface area (Å²) in [6, 6.07) is 11.3. The molecule has 1 amide bonds. The zero-order chi connectivity index (χ0) is 18.8. The van der Waals surface area contributed by atoms with E-state index in [-0.39, 0.29) is 18.4 Å². The molecule has 3 rings (SSSR count). The molecule has 0 spiro atoms. The number of aromatic nitrogens is 1. The summed E-state index contributed by atoms with van der Waals surface area (Å²) in [5.41, 5.74) is 4.66. The normalized spacial score (nSPS) is 11.8. The lowest BCUT2D eigenvalue weighted by molar-refractivity contribution is -0.141. The first-order valence-electron chi connectivity index (χ1n) is 8.22. The average Bonchev–Trinajstić information content (AvgIpc) is 2.93. The number of ether oxygens (including phenoxy) is 1. The Kier molecular flexibility index (Phi) is 5.04. The molecular weight excluding hydrogens is 348 g/mol. The van der Waals surface area contributed by atoms with Crippen LogP contribution in [-0.4, -0.2) is 23.6 Å². The third-order valence-electron chi connectivity index (χ3n) is 4.13. The SMILES string of the molecule is COC(=O)Cn1c(=NC(=O)c2ccc(C)cc2)sc2c(C)cc(C)cc21. The topological polar surface area (TPSA) is 60.7 Å². The molecule has 134 valence electrons. The van der Waals surface area contributed by atoms with Crippen molar-refractivity contribution in [2.24, 2.45) is 4.99 Å². The number of esters is 1. The van der Waals surface area contributed by atoms with Gasteiger partial charge in [-0.1, -0.05) is 35.1 Å². The molecule has 1 aromatic heterocycles. The molecule has 0 unspecified atom stereocenters. The Morgan fingerprint density at radius 3 is 2.42 bits per heavy atom. The van der Waals surface area contributed by atoms with Crippen molar-refractivity contribution >= 4 is 33.4 Å². The molecule has 0 atom stereocenters. The number of hydrogen-bond donors (Lipinski definition) is 0. The van der Waals surface area contributed by atoms with Crippen molar-refractivity contribution < 1.29 is 14.3 Å². The van der Waals surface area contributed by atoms with Crippen molar-refractivity contribution in [1.82, 2.24) is 4.57 Å². The number of fused-ring (bicyclic) bond motifs is 1. The minimum atomic E-state index is -0.381. The van der Waals surface area contributed by atoms with E-state index in [4.69, 9.17) is 4.74 Å². The van der Waals surface area contributed by atoms with E-state index in [1.54, 1.807) is 16.7 Å². The Hall–Kier alpha value is -2.73. The molecule has 0 bridgehead atoms. The molecule has 0 radical (unpaired) electrons. The Bertz CT molecular complexity index is 1060. The van der Waals surface area contributed by atoms with E-state index in [2.05, 4.69) is 11.1 Å². The van der Waals surface area contributed by atoms with Crippen molar-refractivity contribution in [1.29, 1.82) is 0 Å². The van der Waals surface area contributed by atoms with Crippen LogP contribution >= 0.6 is 11.3 Å². The number of methoxy groups -OCH3 is 1. The quantitative estimate of drug-likeness (QED) is 0.664. The van der Waals surface area contributed by atoms with Gasteiger partial charge in [0.1, 0.15) is 6.54 Å². The number of carbonyl (C=O) groups excluding carboxylic acids is 2. The van der Waals surface area contributed by atoms with Gasteiger partial charge >= 0.3 is 5.97 Å². The van der Waals surface area contributed by atoms with Gasteiger partial charge < -0.3 is 9.30 Å². The van der Waals surface area contributed by atoms with Gasteiger partial charge in [0.25, 0.3) is 5.91 Å². The fraction of sp³-hybridized carbons (Fsp3) is 0.250. The maximum Gasteiger partial charge on any atom is 0.325 e. The van der Waals surface area contributed by atoms with Gasteiger partial charge in [-0.05, 0) is 50.1 Å². The lowest BCUT2D eigenvalue weighted by Crippen LogP contribution is -2.22. The first kappa shape index (κ1) is 18.1. The molecule has 0 saturated carbocycles. The Balaban J connectivity index is 2.18. The van der Waals surface area contributed by atoms with Gasteiger partial charge in [0.05, 0.1) is 17.3 Å². The van der Waals surface area contributed by atoms with Crippen molar-refractivity contribution in [3.8, 4) is 0 Å². The van der Waals surface area contributed by atoms with Crippen LogP contribution in [0.2, 0.25) is 0 Å². The van der Waals surface area contributed by atoms with Gasteiger partial charge in [-0.15, -0.1) is 0 Å². The summed E-state index contributed by atoms with van der Waals surface area (Å²) in [6.07, 6.45) is 0. The molecule has 0 N–H and O–H groups in total. The number of benzene rings is 2. The van der Waals surface area contributed by atoms with Crippen LogP contribution in [0.15, 0.2) is 41.4 Å². The number of rotatable bonds is 3. The van der Waals surface area contributed by atoms with Crippen LogP contribution in [0.3, 0.4) is 0 Å². The van der Waals surface area contributed by atoms with Crippen LogP contribution in [0.4, 0.5) is 0 Å². The molecule has 1 heterocycles. The zero-order valence-electron chi connectivity index (χ0n) is 15.2. The van der Waals surface area contributed by atoms with Gasteiger partial charge in [0, 0.05) is 5.56 Å². The number of thiazole rings is 1. The summed E-state index contributed by atoms with van der Waals surface area (Å²) in [6.45, 7) is 5.99. The molecular formula is C20H20N2O3S. The maximum absolute atomic E-state index is 12.6. The number of carbonyl (C=O) groups is 2. The highest BCUT2D eigenvalue weighted by atomic mass is 32.1. The summed E-state index contributed by atoms with van der Waals surface area (Å²) in [4.78, 5) is 29.2. The van der Waals surface area contributed by atoms with Crippen LogP contribution in [0.25, 0.3) is 10.2 Å². The number of amides is 1. The molecule has 26 heavy (non-hydrogen) atoms. The van der Waals surface area contributed by atoms with Crippen LogP contribution in [0.5, 0.6) is 0 Å². The van der Waals surface area contributed by atoms with E-state index in [1.165, 1.54) is 18.4 Å². The van der Waals surface area contributed by atoms with Gasteiger partial charge in [-0.3, -0.25) is 9.59 Å². The van der Waals surface area contributed by atoms with E-state index in [0.717, 1.165) is 26.9 Å². The maximum atomic E-state index is 12.6. The molecule has 2 aromatic carbocycles. The van der Waals surface area contributed by atoms with Gasteiger partial charge in [-0.25, -0.2) is 0 Å². The van der Waals surface area contributed by atoms with Crippen LogP contribution < -0.4 is 4.80 Å². The van der Waals surface area contributed by atoms with E-state index < -0.39 is 0 Å². The summed E-state index contributed by atoms with van der Waals surface area (Å²) in [5, 5.41) is 0. The van der Waals surface area contributed by atoms with Crippen molar-refractivity contribution in [2.45, 2.75) is 27.3 Å². The second-order valence-electron chi connectivity index (χ2n) is 6.26. The lowest BCUT2D eigenvalue weighted by atomic mass is 10.1. The van der Waals surface area contributed by atoms with E-state index >= 15 is 0 Å². The number of hydrogen-bond acceptors (Lipinski definition) is 4. The van der Waals surface area contributed by atoms with E-state index in [9.17, 15) is 9.59 Å². The Labute approximate surface area is 155 Å². The predicted molar refractivity (Wildman–Crippen MR) is 102 cm³/mol. The third kappa shape index (κ3) is 3.60. The van der Waals surface area contributed by atoms with Gasteiger partial charge in [0.15, 0.2) is 4.80 Å². The highest BCUT2D eigenvalue weighted by Crippen LogP contribution is 2.23. The van der Waals surface area contributed by atoms with E-state index in [0.29, 0.717) is 10.4 Å². The first-order valence-corrected chi connectivity index (χ1v) is 9.04. The van der Waals surface area contributed by atoms with E-state index in [1.807, 2.05) is 39.0 Å². The van der Waals surface area contributed by atoms with Crippen LogP contribution in [-0.2, 0) is 16.1 Å². The second-order valence-corrected chi connectivity index (χ2v) is 7.24. The summed E-state index contributed by atoms with van der Waals surface area (Å²) < 4.78 is 7.57. The Morgan fingerprint density at radius 1 is 1.08 bits per heavy atom. The largest absolute Gasteiger partial charge is 0.468 e. The predicted octanol–water partition coefficient (Wildman–Crippen LogP) is 3.54. The average molecular weight is 368 g/mol. The zero-order valence-corrected chi connectivity index (χ0v) is 16.0. The number of nitrogens with zero attached hydrogens (tertiary/aromatic N) is 2. The fourth-order valence-electron chi connectivity index (χ4n) is 2.79. The number of aryl methyl sites for hydroxylation is 3. The minimum Gasteiger partial charge on any atom is -0.468 e. The van der Waals surface area contributed by atoms with Gasteiger partial charge in [0.2, 0.25) is 0 Å². The summed E-state index contributed by atoms with van der Waals surface area (Å²) in [7, 11) is 1.35. The fourth-order valence-corrected chi connectivity index (χ4v) is 3.87. The highest BCUT2D eigenvalue weighted by molar-refractivity contribution is 7.16. The molecule has 5 nitrogen and oxygen atoms in total. The van der Waals surface area contributed by atoms with Crippen molar-refractivity contribution in [3.05, 3.63) is 63.5 Å². The minimum absolute atomic E-state index is 0.0133. The standard InChI is InChI=1S/C20H20N2O3S/c1-12-5-7-15(8-6-12)19(24)21-20-22(11-17(23)25-4)16-10-13(2)9-14(3)18(16)26-20/h5-10H,11H2,1-4H3. The molecule has 0 aliphatic heterocycles. The Morgan fingerprint density at radius 2 is 1.77 bits per heavy atom. The lowest BCUT2D eigenvalue weighted by Gasteiger charge is -2.05. The smallest absolute Gasteiger partial charge is 0.325 e. The highest BCUT2D eigenvalue weighted by Gasteiger charge is 2.14. The third-order valence-corrected chi connectivity index (χ3v) is 5.35. The van der Waals surface area contributed by atoms with Crippen molar-refractivity contribution in [2.75, 3.05) is 7.11 Å². The molecule has 0 saturated heterocycles. The van der Waals surface area contributed by atoms with Crippen LogP contribution in [0.1, 0.15) is 27.0 Å². The monoisotopic (exact) mass is 368 g/mol. The molecule has 6 heteroatoms. The molecule has 0 fully saturated rings.